The molecule has 1 heterocycles. The summed E-state index contributed by atoms with van der Waals surface area (Å²) in [5, 5.41) is -1.00. The van der Waals surface area contributed by atoms with Crippen LogP contribution in [0, 0.1) is 0 Å². The normalized spacial score (nSPS) is 23.8. The summed E-state index contributed by atoms with van der Waals surface area (Å²) in [6.07, 6.45) is 0.314. The average molecular weight is 318 g/mol. The van der Waals surface area contributed by atoms with E-state index in [-0.39, 0.29) is 29.7 Å². The first kappa shape index (κ1) is 16.2. The van der Waals surface area contributed by atoms with Crippen LogP contribution in [0.4, 0.5) is 0 Å². The summed E-state index contributed by atoms with van der Waals surface area (Å²) in [5.41, 5.74) is -0.753. The fraction of sp³-hybridized carbons (Fsp3) is 1.00. The molecule has 18 heavy (non-hydrogen) atoms. The van der Waals surface area contributed by atoms with Gasteiger partial charge in [-0.05, 0) is 33.6 Å². The third kappa shape index (κ3) is 4.08. The molecule has 8 heteroatoms. The van der Waals surface area contributed by atoms with Crippen LogP contribution in [0.25, 0.3) is 0 Å². The smallest absolute Gasteiger partial charge is 0.215 e. The molecule has 0 aliphatic carbocycles. The van der Waals surface area contributed by atoms with Gasteiger partial charge in [0.15, 0.2) is 0 Å². The molecule has 1 fully saturated rings. The van der Waals surface area contributed by atoms with Crippen molar-refractivity contribution >= 4 is 31.5 Å². The average Bonchev–Trinajstić information content (AvgIpc) is 2.14. The lowest BCUT2D eigenvalue weighted by Gasteiger charge is -2.32. The van der Waals surface area contributed by atoms with Crippen molar-refractivity contribution in [2.75, 3.05) is 11.5 Å². The maximum atomic E-state index is 12.2. The zero-order valence-corrected chi connectivity index (χ0v) is 13.2. The zero-order chi connectivity index (χ0) is 14.2. The van der Waals surface area contributed by atoms with Crippen LogP contribution in [0.2, 0.25) is 0 Å². The van der Waals surface area contributed by atoms with Crippen LogP contribution >= 0.6 is 11.6 Å². The molecule has 5 nitrogen and oxygen atoms in total. The topological polar surface area (TPSA) is 80.3 Å². The van der Waals surface area contributed by atoms with E-state index in [1.807, 2.05) is 0 Å². The van der Waals surface area contributed by atoms with Gasteiger partial charge in [-0.1, -0.05) is 0 Å². The first-order chi connectivity index (χ1) is 7.96. The van der Waals surface area contributed by atoms with Gasteiger partial charge in [0, 0.05) is 10.9 Å². The Hall–Kier alpha value is 0.150. The maximum Gasteiger partial charge on any atom is 0.215 e. The highest BCUT2D eigenvalue weighted by Gasteiger charge is 2.37. The van der Waals surface area contributed by atoms with E-state index in [0.717, 1.165) is 0 Å². The molecule has 0 amide bonds. The van der Waals surface area contributed by atoms with Gasteiger partial charge in [0.1, 0.15) is 9.84 Å². The fourth-order valence-electron chi connectivity index (χ4n) is 1.71. The third-order valence-electron chi connectivity index (χ3n) is 3.34. The highest BCUT2D eigenvalue weighted by atomic mass is 35.5. The zero-order valence-electron chi connectivity index (χ0n) is 10.8. The molecular formula is C10H20ClNO4S2. The minimum Gasteiger partial charge on any atom is -0.229 e. The summed E-state index contributed by atoms with van der Waals surface area (Å²) in [6.45, 7) is 5.14. The van der Waals surface area contributed by atoms with Gasteiger partial charge >= 0.3 is 0 Å². The van der Waals surface area contributed by atoms with Crippen LogP contribution in [-0.2, 0) is 19.9 Å². The lowest BCUT2D eigenvalue weighted by molar-refractivity contribution is 0.438. The number of hydrogen-bond acceptors (Lipinski definition) is 4. The molecule has 1 saturated heterocycles. The number of rotatable bonds is 4. The summed E-state index contributed by atoms with van der Waals surface area (Å²) in [7, 11) is -6.59. The summed E-state index contributed by atoms with van der Waals surface area (Å²) < 4.78 is 49.4. The Morgan fingerprint density at radius 1 is 1.28 bits per heavy atom. The standard InChI is InChI=1S/C10H20ClNO4S2/c1-8(11)10(2,3)12-18(15,16)9-4-6-17(13,14)7-5-9/h8-9,12H,4-7H2,1-3H3. The van der Waals surface area contributed by atoms with E-state index in [9.17, 15) is 16.8 Å². The largest absolute Gasteiger partial charge is 0.229 e. The molecule has 0 saturated carbocycles. The molecule has 0 radical (unpaired) electrons. The van der Waals surface area contributed by atoms with E-state index in [1.54, 1.807) is 20.8 Å². The van der Waals surface area contributed by atoms with Crippen molar-refractivity contribution in [3.8, 4) is 0 Å². The van der Waals surface area contributed by atoms with Crippen LogP contribution in [0.5, 0.6) is 0 Å². The van der Waals surface area contributed by atoms with E-state index >= 15 is 0 Å². The Balaban J connectivity index is 2.78. The van der Waals surface area contributed by atoms with Crippen LogP contribution in [0.15, 0.2) is 0 Å². The van der Waals surface area contributed by atoms with Gasteiger partial charge < -0.3 is 0 Å². The Kier molecular flexibility index (Phi) is 4.74. The lowest BCUT2D eigenvalue weighted by Crippen LogP contribution is -2.52. The number of hydrogen-bond donors (Lipinski definition) is 1. The van der Waals surface area contributed by atoms with Crippen LogP contribution in [0.1, 0.15) is 33.6 Å². The van der Waals surface area contributed by atoms with E-state index in [1.165, 1.54) is 0 Å². The van der Waals surface area contributed by atoms with E-state index in [0.29, 0.717) is 0 Å². The van der Waals surface area contributed by atoms with Gasteiger partial charge in [0.25, 0.3) is 0 Å². The van der Waals surface area contributed by atoms with Gasteiger partial charge in [0.2, 0.25) is 10.0 Å². The summed E-state index contributed by atoms with van der Waals surface area (Å²) in [6, 6.07) is 0. The molecule has 0 aromatic rings. The van der Waals surface area contributed by atoms with Crippen LogP contribution < -0.4 is 4.72 Å². The molecule has 0 aromatic carbocycles. The van der Waals surface area contributed by atoms with Crippen molar-refractivity contribution in [2.24, 2.45) is 0 Å². The maximum absolute atomic E-state index is 12.2. The monoisotopic (exact) mass is 317 g/mol. The fourth-order valence-corrected chi connectivity index (χ4v) is 5.55. The number of sulfone groups is 1. The second-order valence-corrected chi connectivity index (χ2v) is 10.3. The molecule has 1 aliphatic rings. The van der Waals surface area contributed by atoms with Gasteiger partial charge in [-0.3, -0.25) is 0 Å². The predicted molar refractivity (Wildman–Crippen MR) is 73.1 cm³/mol. The van der Waals surface area contributed by atoms with Crippen LogP contribution in [0.3, 0.4) is 0 Å². The van der Waals surface area contributed by atoms with Crippen molar-refractivity contribution in [1.29, 1.82) is 0 Å². The van der Waals surface area contributed by atoms with Crippen LogP contribution in [-0.4, -0.2) is 44.5 Å². The highest BCUT2D eigenvalue weighted by Crippen LogP contribution is 2.22. The Morgan fingerprint density at radius 2 is 1.72 bits per heavy atom. The van der Waals surface area contributed by atoms with Crippen molar-refractivity contribution in [1.82, 2.24) is 4.72 Å². The van der Waals surface area contributed by atoms with E-state index in [2.05, 4.69) is 4.72 Å². The third-order valence-corrected chi connectivity index (χ3v) is 7.76. The van der Waals surface area contributed by atoms with Crippen molar-refractivity contribution < 1.29 is 16.8 Å². The summed E-state index contributed by atoms with van der Waals surface area (Å²) >= 11 is 5.94. The number of alkyl halides is 1. The predicted octanol–water partition coefficient (Wildman–Crippen LogP) is 0.889. The molecule has 1 aliphatic heterocycles. The minimum atomic E-state index is -3.54. The molecule has 1 atom stereocenters. The molecule has 0 spiro atoms. The molecule has 1 unspecified atom stereocenters. The SMILES string of the molecule is CC(Cl)C(C)(C)NS(=O)(=O)C1CCS(=O)(=O)CC1. The lowest BCUT2D eigenvalue weighted by atomic mass is 10.0. The molecule has 1 rings (SSSR count). The minimum absolute atomic E-state index is 0.0601. The summed E-state index contributed by atoms with van der Waals surface area (Å²) in [4.78, 5) is 0. The quantitative estimate of drug-likeness (QED) is 0.781. The van der Waals surface area contributed by atoms with Crippen molar-refractivity contribution in [3.63, 3.8) is 0 Å². The van der Waals surface area contributed by atoms with Gasteiger partial charge in [-0.25, -0.2) is 21.6 Å². The van der Waals surface area contributed by atoms with Gasteiger partial charge in [0.05, 0.1) is 16.8 Å². The van der Waals surface area contributed by atoms with Crippen molar-refractivity contribution in [3.05, 3.63) is 0 Å². The molecular weight excluding hydrogens is 298 g/mol. The number of halogens is 1. The Bertz CT molecular complexity index is 482. The molecule has 1 N–H and O–H groups in total. The van der Waals surface area contributed by atoms with E-state index in [4.69, 9.17) is 11.6 Å². The second-order valence-electron chi connectivity index (χ2n) is 5.34. The Morgan fingerprint density at radius 3 is 2.11 bits per heavy atom. The number of nitrogens with one attached hydrogen (secondary N) is 1. The first-order valence-electron chi connectivity index (χ1n) is 5.83. The van der Waals surface area contributed by atoms with Gasteiger partial charge in [-0.2, -0.15) is 0 Å². The van der Waals surface area contributed by atoms with E-state index < -0.39 is 30.6 Å². The molecule has 0 aromatic heterocycles. The second kappa shape index (κ2) is 5.26. The number of sulfonamides is 1. The van der Waals surface area contributed by atoms with Crippen molar-refractivity contribution in [2.45, 2.75) is 49.8 Å². The molecule has 108 valence electrons. The Labute approximate surface area is 114 Å². The molecule has 0 bridgehead atoms. The first-order valence-corrected chi connectivity index (χ1v) is 9.64. The highest BCUT2D eigenvalue weighted by molar-refractivity contribution is 7.92. The van der Waals surface area contributed by atoms with Gasteiger partial charge in [-0.15, -0.1) is 11.6 Å². The summed E-state index contributed by atoms with van der Waals surface area (Å²) in [5.74, 6) is -0.120.